The van der Waals surface area contributed by atoms with E-state index in [9.17, 15) is 0 Å². The summed E-state index contributed by atoms with van der Waals surface area (Å²) < 4.78 is 5.26. The Hall–Kier alpha value is -1.02. The minimum Gasteiger partial charge on any atom is -0.497 e. The van der Waals surface area contributed by atoms with Crippen LogP contribution in [0, 0.1) is 11.8 Å². The Morgan fingerprint density at radius 3 is 2.05 bits per heavy atom. The highest BCUT2D eigenvalue weighted by molar-refractivity contribution is 5.30. The summed E-state index contributed by atoms with van der Waals surface area (Å²) in [7, 11) is 1.72. The van der Waals surface area contributed by atoms with Gasteiger partial charge in [-0.2, -0.15) is 0 Å². The van der Waals surface area contributed by atoms with Gasteiger partial charge in [0.15, 0.2) is 0 Å². The Bertz CT molecular complexity index is 354. The molecule has 20 heavy (non-hydrogen) atoms. The molecule has 1 aromatic rings. The predicted octanol–water partition coefficient (Wildman–Crippen LogP) is 4.46. The molecule has 0 amide bonds. The SMILES string of the molecule is CCC(CC)C(CNCC(C)C)c1ccc(OC)cc1. The molecule has 0 aliphatic rings. The van der Waals surface area contributed by atoms with E-state index in [0.717, 1.165) is 24.8 Å². The molecule has 1 rings (SSSR count). The molecule has 0 bridgehead atoms. The summed E-state index contributed by atoms with van der Waals surface area (Å²) in [4.78, 5) is 0. The molecular formula is C18H31NO. The Balaban J connectivity index is 2.78. The lowest BCUT2D eigenvalue weighted by molar-refractivity contribution is 0.372. The van der Waals surface area contributed by atoms with Crippen molar-refractivity contribution in [2.75, 3.05) is 20.2 Å². The number of hydrogen-bond acceptors (Lipinski definition) is 2. The second-order valence-electron chi connectivity index (χ2n) is 6.01. The lowest BCUT2D eigenvalue weighted by Gasteiger charge is -2.27. The van der Waals surface area contributed by atoms with Gasteiger partial charge in [-0.15, -0.1) is 0 Å². The highest BCUT2D eigenvalue weighted by Crippen LogP contribution is 2.30. The summed E-state index contributed by atoms with van der Waals surface area (Å²) in [5.41, 5.74) is 1.43. The molecule has 1 aromatic carbocycles. The van der Waals surface area contributed by atoms with Crippen molar-refractivity contribution in [3.63, 3.8) is 0 Å². The molecule has 2 nitrogen and oxygen atoms in total. The fraction of sp³-hybridized carbons (Fsp3) is 0.667. The number of benzene rings is 1. The third-order valence-corrected chi connectivity index (χ3v) is 4.08. The Morgan fingerprint density at radius 1 is 1.00 bits per heavy atom. The Kier molecular flexibility index (Phi) is 7.68. The summed E-state index contributed by atoms with van der Waals surface area (Å²) in [5.74, 6) is 2.97. The van der Waals surface area contributed by atoms with Crippen molar-refractivity contribution in [1.82, 2.24) is 5.32 Å². The van der Waals surface area contributed by atoms with Crippen LogP contribution in [0.25, 0.3) is 0 Å². The van der Waals surface area contributed by atoms with Crippen LogP contribution >= 0.6 is 0 Å². The lowest BCUT2D eigenvalue weighted by Crippen LogP contribution is -2.29. The number of hydrogen-bond donors (Lipinski definition) is 1. The van der Waals surface area contributed by atoms with Crippen LogP contribution in [-0.4, -0.2) is 20.2 Å². The zero-order chi connectivity index (χ0) is 15.0. The Morgan fingerprint density at radius 2 is 1.60 bits per heavy atom. The van der Waals surface area contributed by atoms with Gasteiger partial charge in [0.25, 0.3) is 0 Å². The molecule has 0 spiro atoms. The van der Waals surface area contributed by atoms with Crippen molar-refractivity contribution < 1.29 is 4.74 Å². The third-order valence-electron chi connectivity index (χ3n) is 4.08. The van der Waals surface area contributed by atoms with Crippen molar-refractivity contribution in [2.45, 2.75) is 46.5 Å². The Labute approximate surface area is 124 Å². The van der Waals surface area contributed by atoms with E-state index in [0.29, 0.717) is 11.8 Å². The second-order valence-corrected chi connectivity index (χ2v) is 6.01. The van der Waals surface area contributed by atoms with Crippen LogP contribution in [0.5, 0.6) is 5.75 Å². The molecule has 0 aliphatic heterocycles. The number of nitrogens with one attached hydrogen (secondary N) is 1. The normalized spacial score (nSPS) is 12.9. The second kappa shape index (κ2) is 9.02. The quantitative estimate of drug-likeness (QED) is 0.719. The van der Waals surface area contributed by atoms with E-state index in [1.54, 1.807) is 7.11 Å². The fourth-order valence-electron chi connectivity index (χ4n) is 2.79. The third kappa shape index (κ3) is 5.16. The first kappa shape index (κ1) is 17.0. The van der Waals surface area contributed by atoms with E-state index >= 15 is 0 Å². The zero-order valence-corrected chi connectivity index (χ0v) is 13.8. The molecule has 0 aliphatic carbocycles. The van der Waals surface area contributed by atoms with Crippen molar-refractivity contribution >= 4 is 0 Å². The summed E-state index contributed by atoms with van der Waals surface area (Å²) >= 11 is 0. The van der Waals surface area contributed by atoms with E-state index in [2.05, 4.69) is 57.3 Å². The minimum atomic E-state index is 0.592. The first-order valence-electron chi connectivity index (χ1n) is 7.96. The predicted molar refractivity (Wildman–Crippen MR) is 87.5 cm³/mol. The molecule has 0 heterocycles. The van der Waals surface area contributed by atoms with Crippen molar-refractivity contribution in [3.05, 3.63) is 29.8 Å². The van der Waals surface area contributed by atoms with Gasteiger partial charge in [-0.3, -0.25) is 0 Å². The smallest absolute Gasteiger partial charge is 0.118 e. The maximum Gasteiger partial charge on any atom is 0.118 e. The van der Waals surface area contributed by atoms with Crippen molar-refractivity contribution in [2.24, 2.45) is 11.8 Å². The van der Waals surface area contributed by atoms with Gasteiger partial charge in [0.05, 0.1) is 7.11 Å². The first-order chi connectivity index (χ1) is 9.62. The van der Waals surface area contributed by atoms with Gasteiger partial charge in [-0.1, -0.05) is 52.7 Å². The van der Waals surface area contributed by atoms with Crippen LogP contribution in [0.2, 0.25) is 0 Å². The zero-order valence-electron chi connectivity index (χ0n) is 13.8. The highest BCUT2D eigenvalue weighted by Gasteiger charge is 2.20. The summed E-state index contributed by atoms with van der Waals surface area (Å²) in [6.45, 7) is 11.3. The van der Waals surface area contributed by atoms with Gasteiger partial charge in [0.2, 0.25) is 0 Å². The van der Waals surface area contributed by atoms with Gasteiger partial charge in [0, 0.05) is 6.54 Å². The largest absolute Gasteiger partial charge is 0.497 e. The van der Waals surface area contributed by atoms with Crippen molar-refractivity contribution in [1.29, 1.82) is 0 Å². The molecule has 0 radical (unpaired) electrons. The fourth-order valence-corrected chi connectivity index (χ4v) is 2.79. The molecule has 1 unspecified atom stereocenters. The molecule has 114 valence electrons. The maximum atomic E-state index is 5.26. The monoisotopic (exact) mass is 277 g/mol. The van der Waals surface area contributed by atoms with Crippen LogP contribution in [0.15, 0.2) is 24.3 Å². The van der Waals surface area contributed by atoms with Crippen molar-refractivity contribution in [3.8, 4) is 5.75 Å². The molecule has 0 saturated heterocycles. The summed E-state index contributed by atoms with van der Waals surface area (Å²) in [5, 5.41) is 3.63. The molecule has 2 heteroatoms. The van der Waals surface area contributed by atoms with E-state index < -0.39 is 0 Å². The van der Waals surface area contributed by atoms with Gasteiger partial charge < -0.3 is 10.1 Å². The summed E-state index contributed by atoms with van der Waals surface area (Å²) in [6.07, 6.45) is 2.47. The average molecular weight is 277 g/mol. The molecule has 1 atom stereocenters. The average Bonchev–Trinajstić information content (AvgIpc) is 2.46. The molecular weight excluding hydrogens is 246 g/mol. The highest BCUT2D eigenvalue weighted by atomic mass is 16.5. The minimum absolute atomic E-state index is 0.592. The summed E-state index contributed by atoms with van der Waals surface area (Å²) in [6, 6.07) is 8.60. The molecule has 0 aromatic heterocycles. The van der Waals surface area contributed by atoms with Crippen LogP contribution in [0.3, 0.4) is 0 Å². The van der Waals surface area contributed by atoms with E-state index in [1.807, 2.05) is 0 Å². The van der Waals surface area contributed by atoms with Gasteiger partial charge in [-0.25, -0.2) is 0 Å². The lowest BCUT2D eigenvalue weighted by atomic mass is 9.82. The number of ether oxygens (including phenoxy) is 1. The molecule has 0 saturated carbocycles. The van der Waals surface area contributed by atoms with Crippen LogP contribution in [-0.2, 0) is 0 Å². The topological polar surface area (TPSA) is 21.3 Å². The van der Waals surface area contributed by atoms with Gasteiger partial charge in [-0.05, 0) is 42.0 Å². The van der Waals surface area contributed by atoms with Gasteiger partial charge in [0.1, 0.15) is 5.75 Å². The number of methoxy groups -OCH3 is 1. The van der Waals surface area contributed by atoms with E-state index in [-0.39, 0.29) is 0 Å². The molecule has 1 N–H and O–H groups in total. The first-order valence-corrected chi connectivity index (χ1v) is 7.96. The van der Waals surface area contributed by atoms with Gasteiger partial charge >= 0.3 is 0 Å². The van der Waals surface area contributed by atoms with E-state index in [4.69, 9.17) is 4.74 Å². The van der Waals surface area contributed by atoms with Crippen LogP contribution in [0.4, 0.5) is 0 Å². The van der Waals surface area contributed by atoms with Crippen LogP contribution < -0.4 is 10.1 Å². The standard InChI is InChI=1S/C18H31NO/c1-6-15(7-2)18(13-19-12-14(3)4)16-8-10-17(20-5)11-9-16/h8-11,14-15,18-19H,6-7,12-13H2,1-5H3. The van der Waals surface area contributed by atoms with Crippen LogP contribution in [0.1, 0.15) is 52.0 Å². The number of rotatable bonds is 9. The maximum absolute atomic E-state index is 5.26. The van der Waals surface area contributed by atoms with E-state index in [1.165, 1.54) is 18.4 Å². The molecule has 0 fully saturated rings.